The Hall–Kier alpha value is -2.51. The first-order valence-corrected chi connectivity index (χ1v) is 9.17. The Morgan fingerprint density at radius 3 is 2.74 bits per heavy atom. The van der Waals surface area contributed by atoms with Gasteiger partial charge in [-0.15, -0.1) is 0 Å². The van der Waals surface area contributed by atoms with E-state index in [9.17, 15) is 23.2 Å². The number of piperidine rings is 1. The SMILES string of the molecule is CC[C@H]1CCCCN1C(=O)CN1C(=O)N[C@](C)(c2cc(F)ccc2F)C1=O. The summed E-state index contributed by atoms with van der Waals surface area (Å²) in [6.07, 6.45) is 3.63. The molecule has 2 aliphatic rings. The first-order valence-electron chi connectivity index (χ1n) is 9.17. The summed E-state index contributed by atoms with van der Waals surface area (Å²) in [5.41, 5.74) is -2.02. The smallest absolute Gasteiger partial charge is 0.325 e. The Bertz CT molecular complexity index is 785. The first kappa shape index (κ1) is 19.3. The van der Waals surface area contributed by atoms with Gasteiger partial charge < -0.3 is 10.2 Å². The summed E-state index contributed by atoms with van der Waals surface area (Å²) in [6, 6.07) is 2.04. The summed E-state index contributed by atoms with van der Waals surface area (Å²) < 4.78 is 27.7. The third kappa shape index (κ3) is 3.40. The van der Waals surface area contributed by atoms with Gasteiger partial charge in [0, 0.05) is 18.2 Å². The highest BCUT2D eigenvalue weighted by Crippen LogP contribution is 2.31. The lowest BCUT2D eigenvalue weighted by Crippen LogP contribution is -2.49. The molecule has 0 bridgehead atoms. The van der Waals surface area contributed by atoms with Crippen molar-refractivity contribution in [2.24, 2.45) is 0 Å². The molecule has 2 heterocycles. The van der Waals surface area contributed by atoms with Crippen LogP contribution in [-0.4, -0.2) is 46.8 Å². The molecule has 1 N–H and O–H groups in total. The van der Waals surface area contributed by atoms with Gasteiger partial charge in [0.15, 0.2) is 0 Å². The number of likely N-dealkylation sites (tertiary alicyclic amines) is 1. The lowest BCUT2D eigenvalue weighted by Gasteiger charge is -2.36. The van der Waals surface area contributed by atoms with Crippen LogP contribution in [0.3, 0.4) is 0 Å². The molecule has 0 aromatic heterocycles. The quantitative estimate of drug-likeness (QED) is 0.818. The highest BCUT2D eigenvalue weighted by Gasteiger charge is 2.51. The molecule has 1 aromatic carbocycles. The predicted octanol–water partition coefficient (Wildman–Crippen LogP) is 2.52. The summed E-state index contributed by atoms with van der Waals surface area (Å²) in [7, 11) is 0. The Morgan fingerprint density at radius 2 is 2.04 bits per heavy atom. The number of hydrogen-bond donors (Lipinski definition) is 1. The third-order valence-electron chi connectivity index (χ3n) is 5.45. The molecule has 0 spiro atoms. The molecule has 4 amide bonds. The minimum absolute atomic E-state index is 0.0964. The van der Waals surface area contributed by atoms with Gasteiger partial charge in [0.25, 0.3) is 5.91 Å². The van der Waals surface area contributed by atoms with Gasteiger partial charge in [0.2, 0.25) is 5.91 Å². The zero-order valence-corrected chi connectivity index (χ0v) is 15.4. The molecule has 3 rings (SSSR count). The zero-order chi connectivity index (χ0) is 19.8. The van der Waals surface area contributed by atoms with E-state index >= 15 is 0 Å². The third-order valence-corrected chi connectivity index (χ3v) is 5.45. The summed E-state index contributed by atoms with van der Waals surface area (Å²) in [5.74, 6) is -2.60. The van der Waals surface area contributed by atoms with E-state index in [2.05, 4.69) is 5.32 Å². The van der Waals surface area contributed by atoms with Crippen molar-refractivity contribution in [3.63, 3.8) is 0 Å². The molecule has 6 nitrogen and oxygen atoms in total. The van der Waals surface area contributed by atoms with Crippen molar-refractivity contribution in [1.82, 2.24) is 15.1 Å². The maximum Gasteiger partial charge on any atom is 0.325 e. The molecule has 2 saturated heterocycles. The van der Waals surface area contributed by atoms with Gasteiger partial charge in [0.05, 0.1) is 0 Å². The van der Waals surface area contributed by atoms with Crippen molar-refractivity contribution in [3.05, 3.63) is 35.4 Å². The molecule has 146 valence electrons. The summed E-state index contributed by atoms with van der Waals surface area (Å²) >= 11 is 0. The van der Waals surface area contributed by atoms with Crippen LogP contribution < -0.4 is 5.32 Å². The number of hydrogen-bond acceptors (Lipinski definition) is 3. The fraction of sp³-hybridized carbons (Fsp3) is 0.526. The van der Waals surface area contributed by atoms with E-state index < -0.39 is 35.7 Å². The molecular formula is C19H23F2N3O3. The number of carbonyl (C=O) groups is 3. The summed E-state index contributed by atoms with van der Waals surface area (Å²) in [6.45, 7) is 3.49. The molecule has 2 aliphatic heterocycles. The number of amides is 4. The minimum Gasteiger partial charge on any atom is -0.338 e. The largest absolute Gasteiger partial charge is 0.338 e. The van der Waals surface area contributed by atoms with E-state index in [1.54, 1.807) is 4.90 Å². The number of rotatable bonds is 4. The molecule has 0 aliphatic carbocycles. The number of nitrogens with one attached hydrogen (secondary N) is 1. The number of imide groups is 1. The van der Waals surface area contributed by atoms with Gasteiger partial charge in [-0.25, -0.2) is 13.6 Å². The molecule has 2 atom stereocenters. The van der Waals surface area contributed by atoms with E-state index in [-0.39, 0.29) is 17.5 Å². The first-order chi connectivity index (χ1) is 12.8. The highest BCUT2D eigenvalue weighted by molar-refractivity contribution is 6.09. The number of halogens is 2. The molecule has 27 heavy (non-hydrogen) atoms. The van der Waals surface area contributed by atoms with E-state index in [1.165, 1.54) is 6.92 Å². The van der Waals surface area contributed by atoms with Gasteiger partial charge in [-0.3, -0.25) is 14.5 Å². The van der Waals surface area contributed by atoms with Crippen LogP contribution in [0.15, 0.2) is 18.2 Å². The Morgan fingerprint density at radius 1 is 1.30 bits per heavy atom. The average Bonchev–Trinajstić information content (AvgIpc) is 2.87. The van der Waals surface area contributed by atoms with Crippen LogP contribution >= 0.6 is 0 Å². The lowest BCUT2D eigenvalue weighted by atomic mass is 9.91. The van der Waals surface area contributed by atoms with Crippen molar-refractivity contribution in [3.8, 4) is 0 Å². The maximum absolute atomic E-state index is 14.2. The minimum atomic E-state index is -1.75. The summed E-state index contributed by atoms with van der Waals surface area (Å²) in [4.78, 5) is 40.4. The van der Waals surface area contributed by atoms with E-state index in [1.807, 2.05) is 6.92 Å². The standard InChI is InChI=1S/C19H23F2N3O3/c1-3-13-6-4-5-9-23(13)16(25)11-24-17(26)19(2,22-18(24)27)14-10-12(20)7-8-15(14)21/h7-8,10,13H,3-6,9,11H2,1-2H3,(H,22,27)/t13-,19+/m0/s1. The van der Waals surface area contributed by atoms with Gasteiger partial charge >= 0.3 is 6.03 Å². The van der Waals surface area contributed by atoms with Crippen LogP contribution in [0.2, 0.25) is 0 Å². The predicted molar refractivity (Wildman–Crippen MR) is 93.6 cm³/mol. The van der Waals surface area contributed by atoms with E-state index in [0.717, 1.165) is 48.8 Å². The molecule has 0 unspecified atom stereocenters. The lowest BCUT2D eigenvalue weighted by molar-refractivity contribution is -0.141. The Kier molecular flexibility index (Phi) is 5.17. The molecule has 0 saturated carbocycles. The van der Waals surface area contributed by atoms with Gasteiger partial charge in [-0.2, -0.15) is 0 Å². The fourth-order valence-electron chi connectivity index (χ4n) is 3.88. The second-order valence-electron chi connectivity index (χ2n) is 7.22. The topological polar surface area (TPSA) is 69.7 Å². The molecule has 0 radical (unpaired) electrons. The number of nitrogens with zero attached hydrogens (tertiary/aromatic N) is 2. The fourth-order valence-corrected chi connectivity index (χ4v) is 3.88. The highest BCUT2D eigenvalue weighted by atomic mass is 19.1. The molecule has 8 heteroatoms. The zero-order valence-electron chi connectivity index (χ0n) is 15.4. The Balaban J connectivity index is 1.82. The van der Waals surface area contributed by atoms with E-state index in [4.69, 9.17) is 0 Å². The van der Waals surface area contributed by atoms with Crippen molar-refractivity contribution in [1.29, 1.82) is 0 Å². The van der Waals surface area contributed by atoms with E-state index in [0.29, 0.717) is 6.54 Å². The van der Waals surface area contributed by atoms with Crippen molar-refractivity contribution >= 4 is 17.8 Å². The summed E-state index contributed by atoms with van der Waals surface area (Å²) in [5, 5.41) is 2.41. The number of urea groups is 1. The Labute approximate surface area is 156 Å². The van der Waals surface area contributed by atoms with Crippen molar-refractivity contribution in [2.45, 2.75) is 51.1 Å². The van der Waals surface area contributed by atoms with Crippen LogP contribution in [0, 0.1) is 11.6 Å². The average molecular weight is 379 g/mol. The normalized spacial score (nSPS) is 25.7. The van der Waals surface area contributed by atoms with Gasteiger partial charge in [0.1, 0.15) is 23.7 Å². The molecule has 1 aromatic rings. The molecule has 2 fully saturated rings. The van der Waals surface area contributed by atoms with Crippen LogP contribution in [-0.2, 0) is 15.1 Å². The maximum atomic E-state index is 14.2. The van der Waals surface area contributed by atoms with Crippen LogP contribution in [0.25, 0.3) is 0 Å². The second-order valence-corrected chi connectivity index (χ2v) is 7.22. The number of carbonyl (C=O) groups excluding carboxylic acids is 3. The van der Waals surface area contributed by atoms with Gasteiger partial charge in [-0.05, 0) is 50.8 Å². The van der Waals surface area contributed by atoms with Crippen molar-refractivity contribution in [2.75, 3.05) is 13.1 Å². The molecular weight excluding hydrogens is 356 g/mol. The van der Waals surface area contributed by atoms with Crippen molar-refractivity contribution < 1.29 is 23.2 Å². The second kappa shape index (κ2) is 7.25. The van der Waals surface area contributed by atoms with Crippen LogP contribution in [0.4, 0.5) is 13.6 Å². The number of benzene rings is 1. The van der Waals surface area contributed by atoms with Gasteiger partial charge in [-0.1, -0.05) is 6.92 Å². The van der Waals surface area contributed by atoms with Crippen LogP contribution in [0.1, 0.15) is 45.1 Å². The van der Waals surface area contributed by atoms with Crippen LogP contribution in [0.5, 0.6) is 0 Å². The monoisotopic (exact) mass is 379 g/mol.